The highest BCUT2D eigenvalue weighted by atomic mass is 35.5. The first-order valence-electron chi connectivity index (χ1n) is 7.44. The van der Waals surface area contributed by atoms with Gasteiger partial charge in [0.1, 0.15) is 5.75 Å². The predicted octanol–water partition coefficient (Wildman–Crippen LogP) is 4.14. The highest BCUT2D eigenvalue weighted by molar-refractivity contribution is 6.30. The molecule has 0 aliphatic rings. The van der Waals surface area contributed by atoms with Crippen molar-refractivity contribution in [1.82, 2.24) is 5.01 Å². The Hall–Kier alpha value is -2.99. The van der Waals surface area contributed by atoms with Crippen LogP contribution in [0.1, 0.15) is 5.56 Å². The second-order valence-corrected chi connectivity index (χ2v) is 5.79. The van der Waals surface area contributed by atoms with Crippen molar-refractivity contribution in [2.24, 2.45) is 5.10 Å². The molecule has 0 bridgehead atoms. The summed E-state index contributed by atoms with van der Waals surface area (Å²) in [7, 11) is 3.53. The quantitative estimate of drug-likeness (QED) is 0.427. The number of nitrogens with zero attached hydrogens (tertiary/aromatic N) is 2. The fourth-order valence-electron chi connectivity index (χ4n) is 2.07. The van der Waals surface area contributed by atoms with E-state index in [2.05, 4.69) is 22.3 Å². The maximum Gasteiger partial charge on any atom is 0.323 e. The molecule has 0 aliphatic heterocycles. The highest BCUT2D eigenvalue weighted by Crippen LogP contribution is 2.23. The van der Waals surface area contributed by atoms with Crippen LogP contribution in [0.4, 0.5) is 16.2 Å². The smallest absolute Gasteiger partial charge is 0.323 e. The van der Waals surface area contributed by atoms with Crippen LogP contribution in [0.15, 0.2) is 60.2 Å². The number of hydrogen-bond acceptors (Lipinski definition) is 4. The normalized spacial score (nSPS) is 10.9. The van der Waals surface area contributed by atoms with Crippen LogP contribution in [-0.2, 0) is 0 Å². The zero-order valence-electron chi connectivity index (χ0n) is 14.0. The number of hydrogen-bond donors (Lipinski definition) is 3. The Labute approximate surface area is 151 Å². The Morgan fingerprint density at radius 3 is 2.36 bits per heavy atom. The van der Waals surface area contributed by atoms with Crippen molar-refractivity contribution < 1.29 is 9.90 Å². The number of urea groups is 1. The maximum absolute atomic E-state index is 12.1. The summed E-state index contributed by atoms with van der Waals surface area (Å²) in [4.78, 5) is 12.1. The second-order valence-electron chi connectivity index (χ2n) is 5.35. The summed E-state index contributed by atoms with van der Waals surface area (Å²) < 4.78 is 0. The third-order valence-electron chi connectivity index (χ3n) is 3.13. The van der Waals surface area contributed by atoms with E-state index in [4.69, 9.17) is 11.6 Å². The summed E-state index contributed by atoms with van der Waals surface area (Å²) in [6, 6.07) is 11.1. The number of anilines is 2. The fourth-order valence-corrected chi connectivity index (χ4v) is 2.19. The van der Waals surface area contributed by atoms with Crippen molar-refractivity contribution >= 4 is 34.7 Å². The SMILES string of the molecule is C=C/C(=N\N(C)C)c1cc(NC(=O)Nc2ccc(Cl)cc2)ccc1O. The maximum atomic E-state index is 12.1. The van der Waals surface area contributed by atoms with Gasteiger partial charge < -0.3 is 20.7 Å². The number of aromatic hydroxyl groups is 1. The third-order valence-corrected chi connectivity index (χ3v) is 3.39. The van der Waals surface area contributed by atoms with Crippen LogP contribution in [0.25, 0.3) is 0 Å². The van der Waals surface area contributed by atoms with Crippen LogP contribution in [0.5, 0.6) is 5.75 Å². The van der Waals surface area contributed by atoms with Crippen LogP contribution in [-0.4, -0.2) is 36.0 Å². The van der Waals surface area contributed by atoms with Gasteiger partial charge in [0.25, 0.3) is 0 Å². The molecule has 0 aliphatic carbocycles. The Bertz CT molecular complexity index is 801. The van der Waals surface area contributed by atoms with Crippen molar-refractivity contribution in [3.05, 3.63) is 65.7 Å². The molecule has 0 spiro atoms. The zero-order valence-corrected chi connectivity index (χ0v) is 14.7. The average Bonchev–Trinajstić information content (AvgIpc) is 2.56. The molecule has 130 valence electrons. The van der Waals surface area contributed by atoms with Gasteiger partial charge in [0.05, 0.1) is 5.71 Å². The number of benzene rings is 2. The minimum Gasteiger partial charge on any atom is -0.507 e. The zero-order chi connectivity index (χ0) is 18.4. The standard InChI is InChI=1S/C18H19ClN4O2/c1-4-16(22-23(2)3)15-11-14(9-10-17(15)24)21-18(25)20-13-7-5-12(19)6-8-13/h4-11,24H,1H2,2-3H3,(H2,20,21,25)/b22-16+. The van der Waals surface area contributed by atoms with Gasteiger partial charge in [-0.2, -0.15) is 5.10 Å². The van der Waals surface area contributed by atoms with E-state index in [1.807, 2.05) is 0 Å². The van der Waals surface area contributed by atoms with Gasteiger partial charge >= 0.3 is 6.03 Å². The molecule has 2 amide bonds. The fraction of sp³-hybridized carbons (Fsp3) is 0.111. The van der Waals surface area contributed by atoms with E-state index in [9.17, 15) is 9.90 Å². The van der Waals surface area contributed by atoms with Crippen LogP contribution in [0.3, 0.4) is 0 Å². The number of nitrogens with one attached hydrogen (secondary N) is 2. The lowest BCUT2D eigenvalue weighted by Crippen LogP contribution is -2.19. The Morgan fingerprint density at radius 1 is 1.16 bits per heavy atom. The van der Waals surface area contributed by atoms with Gasteiger partial charge in [-0.1, -0.05) is 18.2 Å². The van der Waals surface area contributed by atoms with E-state index in [0.717, 1.165) is 0 Å². The summed E-state index contributed by atoms with van der Waals surface area (Å²) in [5, 5.41) is 21.9. The molecule has 7 heteroatoms. The lowest BCUT2D eigenvalue weighted by molar-refractivity contribution is 0.262. The summed E-state index contributed by atoms with van der Waals surface area (Å²) >= 11 is 5.81. The summed E-state index contributed by atoms with van der Waals surface area (Å²) in [5.41, 5.74) is 2.08. The Kier molecular flexibility index (Phi) is 6.03. The van der Waals surface area contributed by atoms with Crippen LogP contribution < -0.4 is 10.6 Å². The topological polar surface area (TPSA) is 77.0 Å². The number of hydrazone groups is 1. The van der Waals surface area contributed by atoms with Gasteiger partial charge in [-0.3, -0.25) is 0 Å². The lowest BCUT2D eigenvalue weighted by atomic mass is 10.1. The molecule has 0 radical (unpaired) electrons. The molecule has 2 aromatic carbocycles. The molecular formula is C18H19ClN4O2. The summed E-state index contributed by atoms with van der Waals surface area (Å²) in [6.07, 6.45) is 1.53. The number of amides is 2. The molecule has 25 heavy (non-hydrogen) atoms. The van der Waals surface area contributed by atoms with E-state index < -0.39 is 6.03 Å². The minimum absolute atomic E-state index is 0.0455. The van der Waals surface area contributed by atoms with Crippen molar-refractivity contribution in [2.45, 2.75) is 0 Å². The van der Waals surface area contributed by atoms with E-state index in [1.54, 1.807) is 55.5 Å². The number of allylic oxidation sites excluding steroid dienone is 1. The molecule has 0 unspecified atom stereocenters. The first-order chi connectivity index (χ1) is 11.9. The van der Waals surface area contributed by atoms with Crippen LogP contribution in [0.2, 0.25) is 5.02 Å². The number of halogens is 1. The average molecular weight is 359 g/mol. The van der Waals surface area contributed by atoms with E-state index in [0.29, 0.717) is 27.7 Å². The predicted molar refractivity (Wildman–Crippen MR) is 103 cm³/mol. The molecular weight excluding hydrogens is 340 g/mol. The number of phenols is 1. The number of phenolic OH excluding ortho intramolecular Hbond substituents is 1. The largest absolute Gasteiger partial charge is 0.507 e. The van der Waals surface area contributed by atoms with Gasteiger partial charge in [-0.25, -0.2) is 4.79 Å². The molecule has 3 N–H and O–H groups in total. The molecule has 6 nitrogen and oxygen atoms in total. The number of carbonyl (C=O) groups is 1. The van der Waals surface area contributed by atoms with Gasteiger partial charge in [0, 0.05) is 36.1 Å². The molecule has 0 atom stereocenters. The second kappa shape index (κ2) is 8.21. The highest BCUT2D eigenvalue weighted by Gasteiger charge is 2.10. The summed E-state index contributed by atoms with van der Waals surface area (Å²) in [6.45, 7) is 3.71. The molecule has 0 saturated heterocycles. The first kappa shape index (κ1) is 18.4. The minimum atomic E-state index is -0.413. The molecule has 0 saturated carbocycles. The van der Waals surface area contributed by atoms with Crippen molar-refractivity contribution in [3.8, 4) is 5.75 Å². The molecule has 0 heterocycles. The van der Waals surface area contributed by atoms with Gasteiger partial charge in [-0.05, 0) is 48.5 Å². The molecule has 2 aromatic rings. The van der Waals surface area contributed by atoms with E-state index in [1.165, 1.54) is 12.1 Å². The van der Waals surface area contributed by atoms with Crippen molar-refractivity contribution in [2.75, 3.05) is 24.7 Å². The lowest BCUT2D eigenvalue weighted by Gasteiger charge is -2.12. The van der Waals surface area contributed by atoms with Crippen molar-refractivity contribution in [3.63, 3.8) is 0 Å². The monoisotopic (exact) mass is 358 g/mol. The van der Waals surface area contributed by atoms with Crippen molar-refractivity contribution in [1.29, 1.82) is 0 Å². The Morgan fingerprint density at radius 2 is 1.76 bits per heavy atom. The number of carbonyl (C=O) groups excluding carboxylic acids is 1. The molecule has 0 fully saturated rings. The van der Waals surface area contributed by atoms with Gasteiger partial charge in [0.15, 0.2) is 0 Å². The first-order valence-corrected chi connectivity index (χ1v) is 7.82. The number of rotatable bonds is 5. The van der Waals surface area contributed by atoms with E-state index in [-0.39, 0.29) is 5.75 Å². The summed E-state index contributed by atoms with van der Waals surface area (Å²) in [5.74, 6) is 0.0455. The third kappa shape index (κ3) is 5.26. The van der Waals surface area contributed by atoms with Crippen LogP contribution >= 0.6 is 11.6 Å². The van der Waals surface area contributed by atoms with E-state index >= 15 is 0 Å². The van der Waals surface area contributed by atoms with Gasteiger partial charge in [0.2, 0.25) is 0 Å². The molecule has 2 rings (SSSR count). The van der Waals surface area contributed by atoms with Gasteiger partial charge in [-0.15, -0.1) is 0 Å². The molecule has 0 aromatic heterocycles. The van der Waals surface area contributed by atoms with Crippen LogP contribution in [0, 0.1) is 0 Å². The Balaban J connectivity index is 2.17.